The molecule has 2 amide bonds. The van der Waals surface area contributed by atoms with E-state index in [1.54, 1.807) is 11.3 Å². The number of nitrogens with one attached hydrogen (secondary N) is 2. The first-order valence-corrected chi connectivity index (χ1v) is 12.5. The number of carbonyl (C=O) groups is 2. The molecule has 0 bridgehead atoms. The Kier molecular flexibility index (Phi) is 7.78. The molecule has 0 spiro atoms. The summed E-state index contributed by atoms with van der Waals surface area (Å²) in [6.45, 7) is 14.9. The highest BCUT2D eigenvalue weighted by Crippen LogP contribution is 2.44. The Morgan fingerprint density at radius 2 is 1.88 bits per heavy atom. The number of hydrogen-bond acceptors (Lipinski definition) is 4. The Morgan fingerprint density at radius 3 is 2.50 bits per heavy atom. The van der Waals surface area contributed by atoms with Gasteiger partial charge in [0, 0.05) is 10.6 Å². The topological polar surface area (TPSA) is 61.4 Å². The molecule has 0 unspecified atom stereocenters. The van der Waals surface area contributed by atoms with E-state index in [9.17, 15) is 9.59 Å². The Hall–Kier alpha value is -2.18. The molecule has 0 radical (unpaired) electrons. The molecule has 1 aromatic carbocycles. The van der Waals surface area contributed by atoms with Crippen molar-refractivity contribution in [3.05, 3.63) is 45.8 Å². The highest BCUT2D eigenvalue weighted by molar-refractivity contribution is 7.17. The summed E-state index contributed by atoms with van der Waals surface area (Å²) < 4.78 is 0. The lowest BCUT2D eigenvalue weighted by atomic mass is 9.72. The van der Waals surface area contributed by atoms with Crippen LogP contribution in [0.25, 0.3) is 0 Å². The van der Waals surface area contributed by atoms with E-state index in [1.165, 1.54) is 4.88 Å². The van der Waals surface area contributed by atoms with Gasteiger partial charge in [0.25, 0.3) is 5.91 Å². The average Bonchev–Trinajstić information content (AvgIpc) is 3.08. The van der Waals surface area contributed by atoms with Gasteiger partial charge in [-0.2, -0.15) is 0 Å². The number of anilines is 2. The summed E-state index contributed by atoms with van der Waals surface area (Å²) in [5, 5.41) is 6.82. The van der Waals surface area contributed by atoms with Crippen LogP contribution in [0.15, 0.2) is 24.3 Å². The fraction of sp³-hybridized carbons (Fsp3) is 0.538. The molecule has 2 N–H and O–H groups in total. The van der Waals surface area contributed by atoms with Crippen LogP contribution in [0.1, 0.15) is 67.4 Å². The quantitative estimate of drug-likeness (QED) is 0.560. The Labute approximate surface area is 196 Å². The van der Waals surface area contributed by atoms with Gasteiger partial charge in [0.15, 0.2) is 0 Å². The summed E-state index contributed by atoms with van der Waals surface area (Å²) in [5.41, 5.74) is 3.85. The number of hydrogen-bond donors (Lipinski definition) is 2. The molecule has 1 aromatic heterocycles. The molecule has 174 valence electrons. The predicted molar refractivity (Wildman–Crippen MR) is 135 cm³/mol. The Bertz CT molecular complexity index is 970. The molecule has 32 heavy (non-hydrogen) atoms. The molecule has 1 aliphatic rings. The van der Waals surface area contributed by atoms with E-state index >= 15 is 0 Å². The third-order valence-corrected chi connectivity index (χ3v) is 7.68. The molecule has 6 heteroatoms. The lowest BCUT2D eigenvalue weighted by molar-refractivity contribution is -0.117. The molecule has 0 fully saturated rings. The molecular weight excluding hydrogens is 418 g/mol. The van der Waals surface area contributed by atoms with Crippen LogP contribution >= 0.6 is 11.3 Å². The number of thiophene rings is 1. The summed E-state index contributed by atoms with van der Waals surface area (Å²) in [6, 6.07) is 7.81. The second-order valence-electron chi connectivity index (χ2n) is 9.85. The molecule has 1 aliphatic carbocycles. The van der Waals surface area contributed by atoms with Crippen LogP contribution in [-0.2, 0) is 17.6 Å². The molecule has 0 saturated heterocycles. The van der Waals surface area contributed by atoms with Gasteiger partial charge in [-0.05, 0) is 73.9 Å². The van der Waals surface area contributed by atoms with E-state index < -0.39 is 0 Å². The van der Waals surface area contributed by atoms with Crippen LogP contribution in [0.5, 0.6) is 0 Å². The lowest BCUT2D eigenvalue weighted by Gasteiger charge is -2.33. The van der Waals surface area contributed by atoms with E-state index in [4.69, 9.17) is 0 Å². The van der Waals surface area contributed by atoms with Crippen LogP contribution in [0.2, 0.25) is 0 Å². The molecule has 2 aromatic rings. The summed E-state index contributed by atoms with van der Waals surface area (Å²) >= 11 is 1.58. The Balaban J connectivity index is 1.91. The van der Waals surface area contributed by atoms with Crippen molar-refractivity contribution in [2.75, 3.05) is 30.3 Å². The second kappa shape index (κ2) is 10.2. The van der Waals surface area contributed by atoms with Gasteiger partial charge >= 0.3 is 0 Å². The monoisotopic (exact) mass is 455 g/mol. The van der Waals surface area contributed by atoms with Crippen molar-refractivity contribution < 1.29 is 9.59 Å². The number of fused-ring (bicyclic) bond motifs is 1. The molecule has 1 heterocycles. The van der Waals surface area contributed by atoms with Gasteiger partial charge < -0.3 is 10.6 Å². The van der Waals surface area contributed by atoms with Crippen LogP contribution in [0, 0.1) is 18.3 Å². The molecule has 0 saturated carbocycles. The van der Waals surface area contributed by atoms with Crippen molar-refractivity contribution >= 4 is 33.8 Å². The van der Waals surface area contributed by atoms with Gasteiger partial charge in [-0.3, -0.25) is 14.5 Å². The standard InChI is InChI=1S/C26H37N3O2S/c1-7-29(8-2)16-22(30)28-25-23(24(31)27-19-11-9-10-17(3)14-19)20-13-12-18(26(4,5)6)15-21(20)32-25/h9-11,14,18H,7-8,12-13,15-16H2,1-6H3,(H,27,31)(H,28,30)/t18-/m1/s1. The summed E-state index contributed by atoms with van der Waals surface area (Å²) in [4.78, 5) is 29.5. The number of amides is 2. The molecule has 3 rings (SSSR count). The largest absolute Gasteiger partial charge is 0.322 e. The van der Waals surface area contributed by atoms with Gasteiger partial charge in [0.05, 0.1) is 12.1 Å². The van der Waals surface area contributed by atoms with E-state index in [0.717, 1.165) is 49.2 Å². The highest BCUT2D eigenvalue weighted by atomic mass is 32.1. The number of rotatable bonds is 7. The molecule has 1 atom stereocenters. The van der Waals surface area contributed by atoms with Crippen LogP contribution in [0.4, 0.5) is 10.7 Å². The maximum absolute atomic E-state index is 13.4. The zero-order valence-corrected chi connectivity index (χ0v) is 21.1. The van der Waals surface area contributed by atoms with Crippen molar-refractivity contribution in [2.24, 2.45) is 11.3 Å². The van der Waals surface area contributed by atoms with E-state index in [2.05, 4.69) is 36.3 Å². The lowest BCUT2D eigenvalue weighted by Crippen LogP contribution is -2.33. The highest BCUT2D eigenvalue weighted by Gasteiger charge is 2.34. The number of nitrogens with zero attached hydrogens (tertiary/aromatic N) is 1. The van der Waals surface area contributed by atoms with E-state index in [1.807, 2.05) is 45.0 Å². The summed E-state index contributed by atoms with van der Waals surface area (Å²) in [5.74, 6) is 0.366. The zero-order valence-electron chi connectivity index (χ0n) is 20.3. The van der Waals surface area contributed by atoms with Crippen LogP contribution < -0.4 is 10.6 Å². The van der Waals surface area contributed by atoms with E-state index in [-0.39, 0.29) is 17.2 Å². The number of likely N-dealkylation sites (N-methyl/N-ethyl adjacent to an activating group) is 1. The Morgan fingerprint density at radius 1 is 1.16 bits per heavy atom. The fourth-order valence-electron chi connectivity index (χ4n) is 4.39. The molecular formula is C26H37N3O2S. The first-order chi connectivity index (χ1) is 15.1. The predicted octanol–water partition coefficient (Wildman–Crippen LogP) is 5.74. The van der Waals surface area contributed by atoms with Crippen molar-refractivity contribution in [2.45, 2.75) is 60.8 Å². The van der Waals surface area contributed by atoms with Crippen LogP contribution in [-0.4, -0.2) is 36.3 Å². The van der Waals surface area contributed by atoms with Crippen LogP contribution in [0.3, 0.4) is 0 Å². The van der Waals surface area contributed by atoms with Crippen molar-refractivity contribution in [1.29, 1.82) is 0 Å². The van der Waals surface area contributed by atoms with Crippen molar-refractivity contribution in [3.63, 3.8) is 0 Å². The number of aryl methyl sites for hydroxylation is 1. The van der Waals surface area contributed by atoms with E-state index in [0.29, 0.717) is 23.0 Å². The smallest absolute Gasteiger partial charge is 0.258 e. The van der Waals surface area contributed by atoms with Crippen molar-refractivity contribution in [3.8, 4) is 0 Å². The summed E-state index contributed by atoms with van der Waals surface area (Å²) in [7, 11) is 0. The van der Waals surface area contributed by atoms with Gasteiger partial charge in [0.2, 0.25) is 5.91 Å². The average molecular weight is 456 g/mol. The minimum Gasteiger partial charge on any atom is -0.322 e. The van der Waals surface area contributed by atoms with Gasteiger partial charge in [-0.1, -0.05) is 46.8 Å². The zero-order chi connectivity index (χ0) is 23.5. The number of benzene rings is 1. The van der Waals surface area contributed by atoms with Gasteiger partial charge in [-0.15, -0.1) is 11.3 Å². The first kappa shape index (κ1) is 24.5. The third kappa shape index (κ3) is 5.78. The third-order valence-electron chi connectivity index (χ3n) is 6.51. The van der Waals surface area contributed by atoms with Crippen molar-refractivity contribution in [1.82, 2.24) is 4.90 Å². The second-order valence-corrected chi connectivity index (χ2v) is 11.0. The fourth-order valence-corrected chi connectivity index (χ4v) is 5.73. The normalized spacial score (nSPS) is 16.0. The molecule has 0 aliphatic heterocycles. The van der Waals surface area contributed by atoms with Gasteiger partial charge in [-0.25, -0.2) is 0 Å². The number of carbonyl (C=O) groups excluding carboxylic acids is 2. The maximum atomic E-state index is 13.4. The minimum atomic E-state index is -0.138. The summed E-state index contributed by atoms with van der Waals surface area (Å²) in [6.07, 6.45) is 2.89. The van der Waals surface area contributed by atoms with Gasteiger partial charge in [0.1, 0.15) is 5.00 Å². The minimum absolute atomic E-state index is 0.0655. The SMILES string of the molecule is CCN(CC)CC(=O)Nc1sc2c(c1C(=O)Nc1cccc(C)c1)CC[C@@H](C(C)(C)C)C2. The maximum Gasteiger partial charge on any atom is 0.258 e. The first-order valence-electron chi connectivity index (χ1n) is 11.7. The molecule has 5 nitrogen and oxygen atoms in total.